The molecule has 0 N–H and O–H groups in total. The molecule has 30 heavy (non-hydrogen) atoms. The molecule has 0 aliphatic heterocycles. The Morgan fingerprint density at radius 2 is 1.43 bits per heavy atom. The summed E-state index contributed by atoms with van der Waals surface area (Å²) in [4.78, 5) is 16.8. The van der Waals surface area contributed by atoms with E-state index >= 15 is 0 Å². The Bertz CT molecular complexity index is 1090. The number of ether oxygens (including phenoxy) is 1. The van der Waals surface area contributed by atoms with Gasteiger partial charge in [-0.25, -0.2) is 4.98 Å². The maximum atomic E-state index is 13.6. The van der Waals surface area contributed by atoms with Crippen LogP contribution in [0.1, 0.15) is 35.8 Å². The lowest BCUT2D eigenvalue weighted by molar-refractivity contribution is -0.145. The zero-order chi connectivity index (χ0) is 20.9. The fourth-order valence-corrected chi connectivity index (χ4v) is 3.58. The molecule has 3 aromatic carbocycles. The van der Waals surface area contributed by atoms with E-state index in [1.54, 1.807) is 24.3 Å². The SMILES string of the molecule is O=C(CC(c1ccccc1)c1ccccc1)OCc1nc2ccccc2n1C(F)F. The van der Waals surface area contributed by atoms with Crippen molar-refractivity contribution in [3.63, 3.8) is 0 Å². The molecule has 1 aromatic heterocycles. The molecule has 0 saturated heterocycles. The molecule has 0 bridgehead atoms. The number of carbonyl (C=O) groups excluding carboxylic acids is 1. The molecule has 0 radical (unpaired) electrons. The van der Waals surface area contributed by atoms with Gasteiger partial charge in [0.05, 0.1) is 17.5 Å². The van der Waals surface area contributed by atoms with Gasteiger partial charge in [0, 0.05) is 5.92 Å². The number of imidazole rings is 1. The zero-order valence-corrected chi connectivity index (χ0v) is 16.1. The van der Waals surface area contributed by atoms with Crippen molar-refractivity contribution < 1.29 is 18.3 Å². The second kappa shape index (κ2) is 8.86. The minimum absolute atomic E-state index is 0.0236. The van der Waals surface area contributed by atoms with E-state index in [4.69, 9.17) is 4.74 Å². The van der Waals surface area contributed by atoms with Crippen molar-refractivity contribution >= 4 is 17.0 Å². The number of halogens is 2. The average molecular weight is 406 g/mol. The van der Waals surface area contributed by atoms with Crippen LogP contribution >= 0.6 is 0 Å². The van der Waals surface area contributed by atoms with Crippen LogP contribution in [0.2, 0.25) is 0 Å². The van der Waals surface area contributed by atoms with Crippen LogP contribution in [0.3, 0.4) is 0 Å². The number of rotatable bonds is 7. The third-order valence-electron chi connectivity index (χ3n) is 5.00. The molecular formula is C24H20F2N2O2. The summed E-state index contributed by atoms with van der Waals surface area (Å²) in [7, 11) is 0. The van der Waals surface area contributed by atoms with E-state index in [0.717, 1.165) is 15.7 Å². The van der Waals surface area contributed by atoms with Gasteiger partial charge in [0.15, 0.2) is 5.82 Å². The van der Waals surface area contributed by atoms with E-state index in [9.17, 15) is 13.6 Å². The summed E-state index contributed by atoms with van der Waals surface area (Å²) in [6, 6.07) is 26.0. The predicted octanol–water partition coefficient (Wildman–Crippen LogP) is 5.70. The number of hydrogen-bond donors (Lipinski definition) is 0. The van der Waals surface area contributed by atoms with Crippen LogP contribution in [0, 0.1) is 0 Å². The number of hydrogen-bond acceptors (Lipinski definition) is 3. The molecule has 152 valence electrons. The molecular weight excluding hydrogens is 386 g/mol. The fraction of sp³-hybridized carbons (Fsp3) is 0.167. The van der Waals surface area contributed by atoms with Gasteiger partial charge in [0.2, 0.25) is 0 Å². The molecule has 4 rings (SSSR count). The molecule has 6 heteroatoms. The van der Waals surface area contributed by atoms with Crippen LogP contribution in [-0.2, 0) is 16.1 Å². The molecule has 4 aromatic rings. The largest absolute Gasteiger partial charge is 0.457 e. The van der Waals surface area contributed by atoms with E-state index in [1.807, 2.05) is 60.7 Å². The number of nitrogens with zero attached hydrogens (tertiary/aromatic N) is 2. The monoisotopic (exact) mass is 406 g/mol. The lowest BCUT2D eigenvalue weighted by Gasteiger charge is -2.17. The van der Waals surface area contributed by atoms with E-state index in [1.165, 1.54) is 0 Å². The molecule has 0 aliphatic rings. The highest BCUT2D eigenvalue weighted by molar-refractivity contribution is 5.76. The molecule has 1 heterocycles. The highest BCUT2D eigenvalue weighted by Crippen LogP contribution is 2.29. The number of benzene rings is 3. The van der Waals surface area contributed by atoms with E-state index in [0.29, 0.717) is 11.0 Å². The summed E-state index contributed by atoms with van der Waals surface area (Å²) >= 11 is 0. The Kier molecular flexibility index (Phi) is 5.84. The van der Waals surface area contributed by atoms with Crippen molar-refractivity contribution in [2.45, 2.75) is 25.5 Å². The third kappa shape index (κ3) is 4.22. The van der Waals surface area contributed by atoms with Gasteiger partial charge in [0.25, 0.3) is 0 Å². The van der Waals surface area contributed by atoms with Crippen molar-refractivity contribution in [1.82, 2.24) is 9.55 Å². The maximum Gasteiger partial charge on any atom is 0.320 e. The summed E-state index contributed by atoms with van der Waals surface area (Å²) in [6.07, 6.45) is 0.100. The molecule has 0 amide bonds. The second-order valence-electron chi connectivity index (χ2n) is 6.90. The van der Waals surface area contributed by atoms with E-state index in [2.05, 4.69) is 4.98 Å². The Morgan fingerprint density at radius 1 is 0.867 bits per heavy atom. The number of fused-ring (bicyclic) bond motifs is 1. The van der Waals surface area contributed by atoms with E-state index in [-0.39, 0.29) is 24.8 Å². The first-order valence-corrected chi connectivity index (χ1v) is 9.63. The summed E-state index contributed by atoms with van der Waals surface area (Å²) < 4.78 is 33.3. The summed E-state index contributed by atoms with van der Waals surface area (Å²) in [5, 5.41) is 0. The molecule has 0 atom stereocenters. The van der Waals surface area contributed by atoms with Crippen molar-refractivity contribution in [3.8, 4) is 0 Å². The highest BCUT2D eigenvalue weighted by Gasteiger charge is 2.22. The van der Waals surface area contributed by atoms with Crippen LogP contribution in [0.15, 0.2) is 84.9 Å². The first kappa shape index (κ1) is 19.8. The second-order valence-corrected chi connectivity index (χ2v) is 6.90. The topological polar surface area (TPSA) is 44.1 Å². The standard InChI is InChI=1S/C24H20F2N2O2/c25-24(26)28-21-14-8-7-13-20(21)27-22(28)16-30-23(29)15-19(17-9-3-1-4-10-17)18-11-5-2-6-12-18/h1-14,19,24H,15-16H2. The summed E-state index contributed by atoms with van der Waals surface area (Å²) in [5.74, 6) is -0.634. The van der Waals surface area contributed by atoms with Crippen molar-refractivity contribution in [2.24, 2.45) is 0 Å². The Morgan fingerprint density at radius 3 is 2.03 bits per heavy atom. The van der Waals surface area contributed by atoms with Gasteiger partial charge >= 0.3 is 12.5 Å². The number of alkyl halides is 2. The van der Waals surface area contributed by atoms with Gasteiger partial charge in [-0.05, 0) is 23.3 Å². The molecule has 0 spiro atoms. The van der Waals surface area contributed by atoms with Gasteiger partial charge in [-0.3, -0.25) is 9.36 Å². The number of aromatic nitrogens is 2. The average Bonchev–Trinajstić information content (AvgIpc) is 3.16. The van der Waals surface area contributed by atoms with E-state index < -0.39 is 12.5 Å². The predicted molar refractivity (Wildman–Crippen MR) is 110 cm³/mol. The van der Waals surface area contributed by atoms with Gasteiger partial charge in [-0.1, -0.05) is 72.8 Å². The zero-order valence-electron chi connectivity index (χ0n) is 16.1. The first-order valence-electron chi connectivity index (χ1n) is 9.63. The Balaban J connectivity index is 1.52. The van der Waals surface area contributed by atoms with Crippen molar-refractivity contribution in [2.75, 3.05) is 0 Å². The minimum Gasteiger partial charge on any atom is -0.457 e. The van der Waals surface area contributed by atoms with Crippen LogP contribution in [-0.4, -0.2) is 15.5 Å². The van der Waals surface area contributed by atoms with Crippen LogP contribution in [0.5, 0.6) is 0 Å². The molecule has 0 saturated carbocycles. The van der Waals surface area contributed by atoms with Crippen molar-refractivity contribution in [1.29, 1.82) is 0 Å². The molecule has 0 fully saturated rings. The van der Waals surface area contributed by atoms with Gasteiger partial charge in [-0.15, -0.1) is 0 Å². The third-order valence-corrected chi connectivity index (χ3v) is 5.00. The van der Waals surface area contributed by atoms with Crippen LogP contribution < -0.4 is 0 Å². The molecule has 0 aliphatic carbocycles. The Labute approximate surface area is 172 Å². The summed E-state index contributed by atoms with van der Waals surface area (Å²) in [6.45, 7) is -3.08. The number of esters is 1. The lowest BCUT2D eigenvalue weighted by Crippen LogP contribution is -2.14. The van der Waals surface area contributed by atoms with Crippen LogP contribution in [0.4, 0.5) is 8.78 Å². The minimum atomic E-state index is -2.77. The maximum absolute atomic E-state index is 13.6. The van der Waals surface area contributed by atoms with Crippen molar-refractivity contribution in [3.05, 3.63) is 102 Å². The first-order chi connectivity index (χ1) is 14.6. The van der Waals surface area contributed by atoms with Gasteiger partial charge in [-0.2, -0.15) is 8.78 Å². The number of carbonyl (C=O) groups is 1. The molecule has 4 nitrogen and oxygen atoms in total. The van der Waals surface area contributed by atoms with Gasteiger partial charge < -0.3 is 4.74 Å². The fourth-order valence-electron chi connectivity index (χ4n) is 3.58. The summed E-state index contributed by atoms with van der Waals surface area (Å²) in [5.41, 5.74) is 2.72. The van der Waals surface area contributed by atoms with Crippen LogP contribution in [0.25, 0.3) is 11.0 Å². The highest BCUT2D eigenvalue weighted by atomic mass is 19.3. The molecule has 0 unspecified atom stereocenters. The quantitative estimate of drug-likeness (QED) is 0.370. The van der Waals surface area contributed by atoms with Gasteiger partial charge in [0.1, 0.15) is 6.61 Å². The lowest BCUT2D eigenvalue weighted by atomic mass is 9.89. The number of para-hydroxylation sites is 2. The smallest absolute Gasteiger partial charge is 0.320 e. The normalized spacial score (nSPS) is 11.3. The Hall–Kier alpha value is -3.54.